The minimum atomic E-state index is 0.427. The zero-order valence-corrected chi connectivity index (χ0v) is 6.02. The Morgan fingerprint density at radius 3 is 3.11 bits per heavy atom. The van der Waals surface area contributed by atoms with Crippen molar-refractivity contribution < 1.29 is 9.53 Å². The average Bonchev–Trinajstić information content (AvgIpc) is 1.91. The lowest BCUT2D eigenvalue weighted by atomic mass is 10.2. The second-order valence-electron chi connectivity index (χ2n) is 2.07. The lowest BCUT2D eigenvalue weighted by Crippen LogP contribution is -2.19. The highest BCUT2D eigenvalue weighted by atomic mass is 32.2. The zero-order valence-electron chi connectivity index (χ0n) is 5.21. The monoisotopic (exact) mass is 146 g/mol. The topological polar surface area (TPSA) is 26.3 Å². The number of hydrogen-bond acceptors (Lipinski definition) is 3. The van der Waals surface area contributed by atoms with Gasteiger partial charge in [-0.1, -0.05) is 11.8 Å². The Bertz CT molecular complexity index is 89.1. The quantitative estimate of drug-likeness (QED) is 0.545. The highest BCUT2D eigenvalue weighted by Gasteiger charge is 2.12. The first-order valence-electron chi connectivity index (χ1n) is 3.10. The molecule has 1 unspecified atom stereocenters. The van der Waals surface area contributed by atoms with E-state index in [9.17, 15) is 4.79 Å². The van der Waals surface area contributed by atoms with Crippen molar-refractivity contribution >= 4 is 17.4 Å². The molecule has 1 aliphatic rings. The van der Waals surface area contributed by atoms with Crippen LogP contribution in [0.2, 0.25) is 0 Å². The van der Waals surface area contributed by atoms with Crippen LogP contribution in [0.3, 0.4) is 0 Å². The Balaban J connectivity index is 2.15. The molecule has 0 amide bonds. The van der Waals surface area contributed by atoms with Crippen LogP contribution in [0.1, 0.15) is 12.8 Å². The van der Waals surface area contributed by atoms with E-state index in [4.69, 9.17) is 4.74 Å². The number of ether oxygens (including phenoxy) is 1. The lowest BCUT2D eigenvalue weighted by Gasteiger charge is -2.18. The van der Waals surface area contributed by atoms with E-state index < -0.39 is 0 Å². The summed E-state index contributed by atoms with van der Waals surface area (Å²) in [6.07, 6.45) is 2.23. The lowest BCUT2D eigenvalue weighted by molar-refractivity contribution is 0.102. The van der Waals surface area contributed by atoms with Gasteiger partial charge in [0.05, 0.1) is 6.61 Å². The average molecular weight is 146 g/mol. The highest BCUT2D eigenvalue weighted by molar-refractivity contribution is 8.12. The highest BCUT2D eigenvalue weighted by Crippen LogP contribution is 2.17. The Morgan fingerprint density at radius 1 is 1.67 bits per heavy atom. The SMILES string of the molecule is O=CSC1CCCOC1. The molecular weight excluding hydrogens is 136 g/mol. The van der Waals surface area contributed by atoms with Gasteiger partial charge in [-0.25, -0.2) is 0 Å². The molecule has 0 N–H and O–H groups in total. The molecule has 0 aromatic heterocycles. The molecule has 0 aromatic rings. The smallest absolute Gasteiger partial charge is 0.176 e. The fraction of sp³-hybridized carbons (Fsp3) is 0.833. The first-order valence-corrected chi connectivity index (χ1v) is 4.04. The Kier molecular flexibility index (Phi) is 3.08. The van der Waals surface area contributed by atoms with Crippen LogP contribution in [-0.2, 0) is 9.53 Å². The van der Waals surface area contributed by atoms with Crippen LogP contribution in [-0.4, -0.2) is 24.1 Å². The van der Waals surface area contributed by atoms with Crippen LogP contribution in [0.5, 0.6) is 0 Å². The molecule has 1 fully saturated rings. The molecule has 0 spiro atoms. The molecule has 0 radical (unpaired) electrons. The van der Waals surface area contributed by atoms with Gasteiger partial charge in [-0.2, -0.15) is 0 Å². The molecule has 1 aliphatic heterocycles. The van der Waals surface area contributed by atoms with Gasteiger partial charge in [0.2, 0.25) is 0 Å². The second kappa shape index (κ2) is 3.90. The van der Waals surface area contributed by atoms with Gasteiger partial charge < -0.3 is 4.74 Å². The first-order chi connectivity index (χ1) is 4.43. The number of hydrogen-bond donors (Lipinski definition) is 0. The van der Waals surface area contributed by atoms with Gasteiger partial charge in [0.15, 0.2) is 5.62 Å². The maximum atomic E-state index is 9.98. The van der Waals surface area contributed by atoms with Crippen molar-refractivity contribution in [1.29, 1.82) is 0 Å². The summed E-state index contributed by atoms with van der Waals surface area (Å²) in [4.78, 5) is 9.98. The molecule has 3 heteroatoms. The maximum absolute atomic E-state index is 9.98. The van der Waals surface area contributed by atoms with E-state index in [1.807, 2.05) is 0 Å². The van der Waals surface area contributed by atoms with E-state index in [1.54, 1.807) is 0 Å². The van der Waals surface area contributed by atoms with Crippen LogP contribution < -0.4 is 0 Å². The Morgan fingerprint density at radius 2 is 2.56 bits per heavy atom. The number of thioether (sulfide) groups is 1. The van der Waals surface area contributed by atoms with Crippen molar-refractivity contribution in [1.82, 2.24) is 0 Å². The molecule has 1 saturated heterocycles. The zero-order chi connectivity index (χ0) is 6.53. The minimum Gasteiger partial charge on any atom is -0.380 e. The third kappa shape index (κ3) is 2.37. The summed E-state index contributed by atoms with van der Waals surface area (Å²) >= 11 is 1.35. The van der Waals surface area contributed by atoms with E-state index in [1.165, 1.54) is 11.8 Å². The van der Waals surface area contributed by atoms with E-state index >= 15 is 0 Å². The standard InChI is InChI=1S/C6H10O2S/c7-5-9-6-2-1-3-8-4-6/h5-6H,1-4H2. The third-order valence-corrected chi connectivity index (χ3v) is 2.23. The van der Waals surface area contributed by atoms with Crippen LogP contribution in [0, 0.1) is 0 Å². The van der Waals surface area contributed by atoms with Gasteiger partial charge in [-0.15, -0.1) is 0 Å². The van der Waals surface area contributed by atoms with Crippen LogP contribution in [0.4, 0.5) is 0 Å². The van der Waals surface area contributed by atoms with Crippen molar-refractivity contribution in [3.63, 3.8) is 0 Å². The van der Waals surface area contributed by atoms with Gasteiger partial charge in [0.25, 0.3) is 0 Å². The largest absolute Gasteiger partial charge is 0.380 e. The minimum absolute atomic E-state index is 0.427. The van der Waals surface area contributed by atoms with Gasteiger partial charge in [0.1, 0.15) is 0 Å². The van der Waals surface area contributed by atoms with E-state index in [-0.39, 0.29) is 0 Å². The molecule has 1 rings (SSSR count). The normalized spacial score (nSPS) is 27.8. The second-order valence-corrected chi connectivity index (χ2v) is 3.20. The van der Waals surface area contributed by atoms with E-state index in [0.717, 1.165) is 31.7 Å². The summed E-state index contributed by atoms with van der Waals surface area (Å²) in [5.74, 6) is 0. The molecule has 1 atom stereocenters. The molecule has 52 valence electrons. The van der Waals surface area contributed by atoms with Crippen molar-refractivity contribution in [2.24, 2.45) is 0 Å². The molecule has 1 heterocycles. The van der Waals surface area contributed by atoms with Crippen LogP contribution in [0.15, 0.2) is 0 Å². The summed E-state index contributed by atoms with van der Waals surface area (Å²) in [6, 6.07) is 0. The Labute approximate surface area is 59.0 Å². The van der Waals surface area contributed by atoms with Crippen molar-refractivity contribution in [2.75, 3.05) is 13.2 Å². The molecule has 0 bridgehead atoms. The Hall–Kier alpha value is -0.0200. The molecule has 2 nitrogen and oxygen atoms in total. The van der Waals surface area contributed by atoms with Gasteiger partial charge in [0, 0.05) is 11.9 Å². The summed E-state index contributed by atoms with van der Waals surface area (Å²) in [5, 5.41) is 0.427. The fourth-order valence-electron chi connectivity index (χ4n) is 0.897. The molecular formula is C6H10O2S. The first kappa shape index (κ1) is 7.09. The predicted octanol–water partition coefficient (Wildman–Crippen LogP) is 1.09. The van der Waals surface area contributed by atoms with Crippen molar-refractivity contribution in [2.45, 2.75) is 18.1 Å². The van der Waals surface area contributed by atoms with Crippen LogP contribution >= 0.6 is 11.8 Å². The van der Waals surface area contributed by atoms with Gasteiger partial charge >= 0.3 is 0 Å². The summed E-state index contributed by atoms with van der Waals surface area (Å²) in [5.41, 5.74) is 0.902. The molecule has 0 saturated carbocycles. The fourth-order valence-corrected chi connectivity index (χ4v) is 1.53. The summed E-state index contributed by atoms with van der Waals surface area (Å²) in [7, 11) is 0. The van der Waals surface area contributed by atoms with E-state index in [0.29, 0.717) is 5.25 Å². The maximum Gasteiger partial charge on any atom is 0.176 e. The summed E-state index contributed by atoms with van der Waals surface area (Å²) < 4.78 is 5.15. The van der Waals surface area contributed by atoms with Crippen molar-refractivity contribution in [3.05, 3.63) is 0 Å². The van der Waals surface area contributed by atoms with Crippen molar-refractivity contribution in [3.8, 4) is 0 Å². The summed E-state index contributed by atoms with van der Waals surface area (Å²) in [6.45, 7) is 1.62. The number of rotatable bonds is 2. The van der Waals surface area contributed by atoms with Crippen LogP contribution in [0.25, 0.3) is 0 Å². The molecule has 0 aromatic carbocycles. The van der Waals surface area contributed by atoms with Gasteiger partial charge in [-0.05, 0) is 12.8 Å². The van der Waals surface area contributed by atoms with Gasteiger partial charge in [-0.3, -0.25) is 4.79 Å². The number of carbonyl (C=O) groups is 1. The van der Waals surface area contributed by atoms with E-state index in [2.05, 4.69) is 0 Å². The molecule has 0 aliphatic carbocycles. The predicted molar refractivity (Wildman–Crippen MR) is 38.2 cm³/mol. The molecule has 9 heavy (non-hydrogen) atoms. The third-order valence-electron chi connectivity index (χ3n) is 1.37. The number of carbonyl (C=O) groups excluding carboxylic acids is 1.